The van der Waals surface area contributed by atoms with E-state index in [1.165, 1.54) is 7.11 Å². The van der Waals surface area contributed by atoms with Gasteiger partial charge >= 0.3 is 0 Å². The highest BCUT2D eigenvalue weighted by Crippen LogP contribution is 2.27. The number of rotatable bonds is 6. The van der Waals surface area contributed by atoms with Crippen molar-refractivity contribution in [2.45, 2.75) is 18.4 Å². The molecule has 0 aliphatic rings. The Kier molecular flexibility index (Phi) is 5.22. The van der Waals surface area contributed by atoms with E-state index in [-0.39, 0.29) is 11.4 Å². The Morgan fingerprint density at radius 3 is 2.64 bits per heavy atom. The van der Waals surface area contributed by atoms with E-state index < -0.39 is 10.0 Å². The quantitative estimate of drug-likeness (QED) is 0.704. The van der Waals surface area contributed by atoms with Gasteiger partial charge in [-0.1, -0.05) is 30.3 Å². The predicted octanol–water partition coefficient (Wildman–Crippen LogP) is 4.21. The maximum absolute atomic E-state index is 12.7. The Hall–Kier alpha value is -2.15. The Morgan fingerprint density at radius 2 is 1.92 bits per heavy atom. The van der Waals surface area contributed by atoms with Crippen molar-refractivity contribution >= 4 is 21.4 Å². The van der Waals surface area contributed by atoms with Gasteiger partial charge in [-0.15, -0.1) is 0 Å². The van der Waals surface area contributed by atoms with Crippen LogP contribution in [-0.4, -0.2) is 15.5 Å². The highest BCUT2D eigenvalue weighted by Gasteiger charge is 2.20. The smallest absolute Gasteiger partial charge is 0.244 e. The van der Waals surface area contributed by atoms with Crippen LogP contribution in [0, 0.1) is 6.92 Å². The van der Waals surface area contributed by atoms with Gasteiger partial charge in [0.1, 0.15) is 10.6 Å². The van der Waals surface area contributed by atoms with E-state index in [2.05, 4.69) is 10.1 Å². The lowest BCUT2D eigenvalue weighted by atomic mass is 10.0. The van der Waals surface area contributed by atoms with Crippen molar-refractivity contribution in [3.8, 4) is 16.9 Å². The second-order valence-electron chi connectivity index (χ2n) is 5.65. The molecule has 4 nitrogen and oxygen atoms in total. The third-order valence-electron chi connectivity index (χ3n) is 3.91. The van der Waals surface area contributed by atoms with Gasteiger partial charge in [-0.05, 0) is 58.1 Å². The van der Waals surface area contributed by atoms with Crippen LogP contribution >= 0.6 is 11.3 Å². The molecular formula is C19H19NO3S2. The number of sulfonamides is 1. The number of nitrogens with one attached hydrogen (secondary N) is 1. The second-order valence-corrected chi connectivity index (χ2v) is 8.16. The van der Waals surface area contributed by atoms with Crippen molar-refractivity contribution in [3.05, 3.63) is 70.4 Å². The molecular weight excluding hydrogens is 354 g/mol. The van der Waals surface area contributed by atoms with Crippen LogP contribution in [0.25, 0.3) is 11.1 Å². The molecule has 0 saturated heterocycles. The summed E-state index contributed by atoms with van der Waals surface area (Å²) in [5, 5.41) is 4.06. The minimum atomic E-state index is -3.68. The van der Waals surface area contributed by atoms with Gasteiger partial charge in [-0.2, -0.15) is 11.3 Å². The van der Waals surface area contributed by atoms with Gasteiger partial charge in [0.05, 0.1) is 7.11 Å². The molecule has 0 aliphatic carbocycles. The monoisotopic (exact) mass is 373 g/mol. The summed E-state index contributed by atoms with van der Waals surface area (Å²) >= 11 is 1.61. The Morgan fingerprint density at radius 1 is 1.12 bits per heavy atom. The fraction of sp³-hybridized carbons (Fsp3) is 0.158. The average molecular weight is 373 g/mol. The highest BCUT2D eigenvalue weighted by atomic mass is 32.2. The molecule has 1 N–H and O–H groups in total. The molecule has 0 atom stereocenters. The van der Waals surface area contributed by atoms with Gasteiger partial charge in [0.25, 0.3) is 0 Å². The number of thiophene rings is 1. The molecule has 0 unspecified atom stereocenters. The van der Waals surface area contributed by atoms with E-state index in [0.29, 0.717) is 5.75 Å². The van der Waals surface area contributed by atoms with E-state index >= 15 is 0 Å². The topological polar surface area (TPSA) is 55.4 Å². The van der Waals surface area contributed by atoms with Gasteiger partial charge in [0.15, 0.2) is 0 Å². The molecule has 0 radical (unpaired) electrons. The number of hydrogen-bond donors (Lipinski definition) is 1. The van der Waals surface area contributed by atoms with Gasteiger partial charge in [-0.25, -0.2) is 13.1 Å². The van der Waals surface area contributed by atoms with E-state index in [9.17, 15) is 8.42 Å². The largest absolute Gasteiger partial charge is 0.495 e. The minimum Gasteiger partial charge on any atom is -0.495 e. The van der Waals surface area contributed by atoms with Crippen LogP contribution in [0.2, 0.25) is 0 Å². The standard InChI is InChI=1S/C19H19NO3S2/c1-14-7-8-18(23-2)19(11-14)25(21,22)20-12-15-5-3-4-6-17(15)16-9-10-24-13-16/h3-11,13,20H,12H2,1-2H3. The zero-order valence-corrected chi connectivity index (χ0v) is 15.7. The number of hydrogen-bond acceptors (Lipinski definition) is 4. The highest BCUT2D eigenvalue weighted by molar-refractivity contribution is 7.89. The van der Waals surface area contributed by atoms with E-state index in [1.807, 2.05) is 48.7 Å². The first-order valence-electron chi connectivity index (χ1n) is 7.76. The fourth-order valence-electron chi connectivity index (χ4n) is 2.62. The van der Waals surface area contributed by atoms with Crippen molar-refractivity contribution in [2.24, 2.45) is 0 Å². The van der Waals surface area contributed by atoms with E-state index in [0.717, 1.165) is 22.3 Å². The summed E-state index contributed by atoms with van der Waals surface area (Å²) in [6, 6.07) is 14.9. The number of ether oxygens (including phenoxy) is 1. The van der Waals surface area contributed by atoms with Crippen LogP contribution in [0.3, 0.4) is 0 Å². The van der Waals surface area contributed by atoms with Crippen molar-refractivity contribution in [2.75, 3.05) is 7.11 Å². The third-order valence-corrected chi connectivity index (χ3v) is 6.02. The number of methoxy groups -OCH3 is 1. The van der Waals surface area contributed by atoms with Crippen LogP contribution in [0.4, 0.5) is 0 Å². The Labute approximate surface area is 152 Å². The second kappa shape index (κ2) is 7.39. The van der Waals surface area contributed by atoms with Crippen molar-refractivity contribution in [1.82, 2.24) is 4.72 Å². The van der Waals surface area contributed by atoms with Crippen LogP contribution in [-0.2, 0) is 16.6 Å². The van der Waals surface area contributed by atoms with Crippen molar-refractivity contribution in [1.29, 1.82) is 0 Å². The molecule has 0 fully saturated rings. The number of aryl methyl sites for hydroxylation is 1. The molecule has 130 valence electrons. The summed E-state index contributed by atoms with van der Waals surface area (Å²) in [6.45, 7) is 2.07. The van der Waals surface area contributed by atoms with E-state index in [4.69, 9.17) is 4.74 Å². The molecule has 3 rings (SSSR count). The molecule has 0 bridgehead atoms. The first kappa shape index (κ1) is 17.7. The molecule has 25 heavy (non-hydrogen) atoms. The lowest BCUT2D eigenvalue weighted by molar-refractivity contribution is 0.402. The third kappa shape index (κ3) is 3.92. The fourth-order valence-corrected chi connectivity index (χ4v) is 4.53. The zero-order chi connectivity index (χ0) is 17.9. The van der Waals surface area contributed by atoms with Crippen molar-refractivity contribution < 1.29 is 13.2 Å². The molecule has 1 heterocycles. The van der Waals surface area contributed by atoms with Crippen LogP contribution in [0.1, 0.15) is 11.1 Å². The normalized spacial score (nSPS) is 11.4. The minimum absolute atomic E-state index is 0.156. The zero-order valence-electron chi connectivity index (χ0n) is 14.0. The SMILES string of the molecule is COc1ccc(C)cc1S(=O)(=O)NCc1ccccc1-c1ccsc1. The molecule has 6 heteroatoms. The van der Waals surface area contributed by atoms with Crippen LogP contribution in [0.5, 0.6) is 5.75 Å². The van der Waals surface area contributed by atoms with E-state index in [1.54, 1.807) is 23.5 Å². The van der Waals surface area contributed by atoms with Crippen LogP contribution in [0.15, 0.2) is 64.2 Å². The molecule has 1 aromatic heterocycles. The van der Waals surface area contributed by atoms with Gasteiger partial charge in [0, 0.05) is 6.54 Å². The average Bonchev–Trinajstić information content (AvgIpc) is 3.15. The molecule has 0 amide bonds. The van der Waals surface area contributed by atoms with Crippen molar-refractivity contribution in [3.63, 3.8) is 0 Å². The summed E-state index contributed by atoms with van der Waals surface area (Å²) in [5.74, 6) is 0.337. The maximum Gasteiger partial charge on any atom is 0.244 e. The summed E-state index contributed by atoms with van der Waals surface area (Å²) < 4.78 is 33.4. The molecule has 3 aromatic rings. The molecule has 2 aromatic carbocycles. The van der Waals surface area contributed by atoms with Gasteiger partial charge in [0.2, 0.25) is 10.0 Å². The predicted molar refractivity (Wildman–Crippen MR) is 102 cm³/mol. The first-order valence-corrected chi connectivity index (χ1v) is 10.2. The molecule has 0 aliphatic heterocycles. The summed E-state index contributed by atoms with van der Waals surface area (Å²) in [4.78, 5) is 0.156. The summed E-state index contributed by atoms with van der Waals surface area (Å²) in [7, 11) is -2.21. The summed E-state index contributed by atoms with van der Waals surface area (Å²) in [6.07, 6.45) is 0. The Bertz CT molecular complexity index is 964. The summed E-state index contributed by atoms with van der Waals surface area (Å²) in [5.41, 5.74) is 3.91. The number of benzene rings is 2. The maximum atomic E-state index is 12.7. The Balaban J connectivity index is 1.88. The lowest BCUT2D eigenvalue weighted by Gasteiger charge is -2.13. The first-order chi connectivity index (χ1) is 12.0. The molecule has 0 saturated carbocycles. The lowest BCUT2D eigenvalue weighted by Crippen LogP contribution is -2.24. The van der Waals surface area contributed by atoms with Gasteiger partial charge in [-0.3, -0.25) is 0 Å². The molecule has 0 spiro atoms. The van der Waals surface area contributed by atoms with Crippen LogP contribution < -0.4 is 9.46 Å². The van der Waals surface area contributed by atoms with Gasteiger partial charge < -0.3 is 4.74 Å².